The topological polar surface area (TPSA) is 55.4 Å². The molecule has 0 aliphatic carbocycles. The van der Waals surface area contributed by atoms with E-state index < -0.39 is 9.84 Å². The van der Waals surface area contributed by atoms with Crippen molar-refractivity contribution in [1.82, 2.24) is 5.32 Å². The Morgan fingerprint density at radius 1 is 1.32 bits per heavy atom. The van der Waals surface area contributed by atoms with Crippen molar-refractivity contribution in [1.29, 1.82) is 0 Å². The lowest BCUT2D eigenvalue weighted by atomic mass is 10.1. The molecule has 0 saturated heterocycles. The molecule has 0 bridgehead atoms. The van der Waals surface area contributed by atoms with Crippen molar-refractivity contribution in [3.05, 3.63) is 35.4 Å². The predicted molar refractivity (Wildman–Crippen MR) is 77.8 cm³/mol. The van der Waals surface area contributed by atoms with Crippen LogP contribution in [0.5, 0.6) is 0 Å². The van der Waals surface area contributed by atoms with Crippen LogP contribution in [-0.2, 0) is 27.7 Å². The van der Waals surface area contributed by atoms with E-state index in [0.717, 1.165) is 11.1 Å². The van der Waals surface area contributed by atoms with Crippen molar-refractivity contribution < 1.29 is 13.2 Å². The highest BCUT2D eigenvalue weighted by atomic mass is 32.2. The first-order valence-corrected chi connectivity index (χ1v) is 8.29. The third-order valence-corrected chi connectivity index (χ3v) is 4.79. The zero-order chi connectivity index (χ0) is 14.3. The van der Waals surface area contributed by atoms with Crippen LogP contribution >= 0.6 is 0 Å². The number of rotatable bonds is 8. The van der Waals surface area contributed by atoms with Gasteiger partial charge in [-0.05, 0) is 18.1 Å². The normalized spacial score (nSPS) is 13.4. The molecule has 1 atom stereocenters. The lowest BCUT2D eigenvalue weighted by molar-refractivity contribution is 0.185. The SMILES string of the molecule is CCS(=O)(=O)CC(C)NCc1cccc(COC)c1. The van der Waals surface area contributed by atoms with Crippen molar-refractivity contribution in [2.75, 3.05) is 18.6 Å². The van der Waals surface area contributed by atoms with Crippen LogP contribution in [0.15, 0.2) is 24.3 Å². The molecule has 1 aromatic carbocycles. The van der Waals surface area contributed by atoms with E-state index in [0.29, 0.717) is 13.2 Å². The summed E-state index contributed by atoms with van der Waals surface area (Å²) >= 11 is 0. The number of hydrogen-bond donors (Lipinski definition) is 1. The van der Waals surface area contributed by atoms with Gasteiger partial charge in [-0.1, -0.05) is 31.2 Å². The van der Waals surface area contributed by atoms with Crippen LogP contribution in [0.4, 0.5) is 0 Å². The molecule has 1 unspecified atom stereocenters. The van der Waals surface area contributed by atoms with E-state index in [1.807, 2.05) is 25.1 Å². The summed E-state index contributed by atoms with van der Waals surface area (Å²) in [5.41, 5.74) is 2.26. The van der Waals surface area contributed by atoms with Gasteiger partial charge in [0.25, 0.3) is 0 Å². The molecule has 0 aliphatic rings. The van der Waals surface area contributed by atoms with Crippen LogP contribution in [0, 0.1) is 0 Å². The lowest BCUT2D eigenvalue weighted by Gasteiger charge is -2.14. The predicted octanol–water partition coefficient (Wildman–Crippen LogP) is 1.75. The Kier molecular flexibility index (Phi) is 6.48. The second-order valence-corrected chi connectivity index (χ2v) is 7.13. The van der Waals surface area contributed by atoms with Gasteiger partial charge in [0.1, 0.15) is 0 Å². The van der Waals surface area contributed by atoms with Gasteiger partial charge >= 0.3 is 0 Å². The van der Waals surface area contributed by atoms with E-state index in [1.54, 1.807) is 14.0 Å². The van der Waals surface area contributed by atoms with Crippen LogP contribution in [0.1, 0.15) is 25.0 Å². The summed E-state index contributed by atoms with van der Waals surface area (Å²) < 4.78 is 28.1. The summed E-state index contributed by atoms with van der Waals surface area (Å²) in [5, 5.41) is 3.24. The summed E-state index contributed by atoms with van der Waals surface area (Å²) in [4.78, 5) is 0. The Labute approximate surface area is 116 Å². The molecule has 0 amide bonds. The molecule has 108 valence electrons. The molecule has 0 heterocycles. The Morgan fingerprint density at radius 2 is 2.00 bits per heavy atom. The summed E-state index contributed by atoms with van der Waals surface area (Å²) in [6.45, 7) is 4.83. The number of nitrogens with one attached hydrogen (secondary N) is 1. The number of benzene rings is 1. The molecule has 1 aromatic rings. The fraction of sp³-hybridized carbons (Fsp3) is 0.571. The first-order chi connectivity index (χ1) is 8.96. The maximum Gasteiger partial charge on any atom is 0.151 e. The van der Waals surface area contributed by atoms with Gasteiger partial charge in [0.15, 0.2) is 9.84 Å². The van der Waals surface area contributed by atoms with Crippen molar-refractivity contribution in [3.63, 3.8) is 0 Å². The molecule has 0 saturated carbocycles. The van der Waals surface area contributed by atoms with Crippen LogP contribution in [0.25, 0.3) is 0 Å². The van der Waals surface area contributed by atoms with E-state index >= 15 is 0 Å². The highest BCUT2D eigenvalue weighted by molar-refractivity contribution is 7.91. The van der Waals surface area contributed by atoms with Crippen molar-refractivity contribution >= 4 is 9.84 Å². The molecule has 5 heteroatoms. The van der Waals surface area contributed by atoms with E-state index in [4.69, 9.17) is 4.74 Å². The fourth-order valence-corrected chi connectivity index (χ4v) is 2.96. The highest BCUT2D eigenvalue weighted by Crippen LogP contribution is 2.07. The minimum atomic E-state index is -2.92. The van der Waals surface area contributed by atoms with Gasteiger partial charge in [-0.3, -0.25) is 0 Å². The Bertz CT molecular complexity index is 485. The van der Waals surface area contributed by atoms with E-state index in [2.05, 4.69) is 11.4 Å². The zero-order valence-corrected chi connectivity index (χ0v) is 12.7. The average molecular weight is 285 g/mol. The second kappa shape index (κ2) is 7.62. The van der Waals surface area contributed by atoms with Gasteiger partial charge in [-0.25, -0.2) is 8.42 Å². The smallest absolute Gasteiger partial charge is 0.151 e. The minimum Gasteiger partial charge on any atom is -0.380 e. The van der Waals surface area contributed by atoms with Gasteiger partial charge in [-0.15, -0.1) is 0 Å². The lowest BCUT2D eigenvalue weighted by Crippen LogP contribution is -2.33. The molecule has 0 fully saturated rings. The monoisotopic (exact) mass is 285 g/mol. The summed E-state index contributed by atoms with van der Waals surface area (Å²) in [6, 6.07) is 8.04. The molecule has 0 aliphatic heterocycles. The molecule has 4 nitrogen and oxygen atoms in total. The van der Waals surface area contributed by atoms with Crippen molar-refractivity contribution in [2.45, 2.75) is 33.0 Å². The van der Waals surface area contributed by atoms with Gasteiger partial charge < -0.3 is 10.1 Å². The van der Waals surface area contributed by atoms with Crippen LogP contribution in [0.2, 0.25) is 0 Å². The van der Waals surface area contributed by atoms with Crippen LogP contribution < -0.4 is 5.32 Å². The van der Waals surface area contributed by atoms with Crippen LogP contribution in [0.3, 0.4) is 0 Å². The van der Waals surface area contributed by atoms with Crippen LogP contribution in [-0.4, -0.2) is 33.1 Å². The number of hydrogen-bond acceptors (Lipinski definition) is 4. The van der Waals surface area contributed by atoms with Gasteiger partial charge in [0.05, 0.1) is 12.4 Å². The summed E-state index contributed by atoms with van der Waals surface area (Å²) in [5.74, 6) is 0.379. The Morgan fingerprint density at radius 3 is 2.63 bits per heavy atom. The van der Waals surface area contributed by atoms with Crippen molar-refractivity contribution in [3.8, 4) is 0 Å². The summed E-state index contributed by atoms with van der Waals surface area (Å²) in [7, 11) is -1.25. The van der Waals surface area contributed by atoms with E-state index in [9.17, 15) is 8.42 Å². The average Bonchev–Trinajstić information content (AvgIpc) is 2.37. The largest absolute Gasteiger partial charge is 0.380 e. The molecule has 1 N–H and O–H groups in total. The number of ether oxygens (including phenoxy) is 1. The number of sulfone groups is 1. The molecule has 0 radical (unpaired) electrons. The van der Waals surface area contributed by atoms with E-state index in [1.165, 1.54) is 0 Å². The quantitative estimate of drug-likeness (QED) is 0.790. The first kappa shape index (κ1) is 16.1. The molecular formula is C14H23NO3S. The Hall–Kier alpha value is -0.910. The van der Waals surface area contributed by atoms with Gasteiger partial charge in [0, 0.05) is 25.4 Å². The molecule has 19 heavy (non-hydrogen) atoms. The van der Waals surface area contributed by atoms with Gasteiger partial charge in [-0.2, -0.15) is 0 Å². The first-order valence-electron chi connectivity index (χ1n) is 6.47. The molecule has 1 rings (SSSR count). The molecule has 0 spiro atoms. The Balaban J connectivity index is 2.50. The molecule has 0 aromatic heterocycles. The zero-order valence-electron chi connectivity index (χ0n) is 11.8. The maximum atomic E-state index is 11.5. The highest BCUT2D eigenvalue weighted by Gasteiger charge is 2.12. The molecular weight excluding hydrogens is 262 g/mol. The third kappa shape index (κ3) is 6.18. The van der Waals surface area contributed by atoms with E-state index in [-0.39, 0.29) is 17.5 Å². The second-order valence-electron chi connectivity index (χ2n) is 4.73. The maximum absolute atomic E-state index is 11.5. The van der Waals surface area contributed by atoms with Gasteiger partial charge in [0.2, 0.25) is 0 Å². The fourth-order valence-electron chi connectivity index (χ4n) is 1.85. The van der Waals surface area contributed by atoms with Crippen molar-refractivity contribution in [2.24, 2.45) is 0 Å². The standard InChI is InChI=1S/C14H23NO3S/c1-4-19(16,17)11-12(2)15-9-13-6-5-7-14(8-13)10-18-3/h5-8,12,15H,4,9-11H2,1-3H3. The third-order valence-electron chi connectivity index (χ3n) is 2.90. The number of methoxy groups -OCH3 is 1. The summed E-state index contributed by atoms with van der Waals surface area (Å²) in [6.07, 6.45) is 0. The minimum absolute atomic E-state index is 0.0453.